The number of hydrogen-bond acceptors (Lipinski definition) is 7. The molecule has 0 spiro atoms. The maximum Gasteiger partial charge on any atom is 0.327 e. The summed E-state index contributed by atoms with van der Waals surface area (Å²) in [7, 11) is 3.52. The molecule has 0 aliphatic carbocycles. The highest BCUT2D eigenvalue weighted by Crippen LogP contribution is 2.36. The predicted octanol–water partition coefficient (Wildman–Crippen LogP) is 5.28. The fraction of sp³-hybridized carbons (Fsp3) is 0.357. The quantitative estimate of drug-likeness (QED) is 0.203. The number of nitrogens with zero attached hydrogens (tertiary/aromatic N) is 5. The van der Waals surface area contributed by atoms with Gasteiger partial charge >= 0.3 is 5.97 Å². The van der Waals surface area contributed by atoms with E-state index in [9.17, 15) is 18.8 Å². The Bertz CT molecular complexity index is 1330. The fourth-order valence-electron chi connectivity index (χ4n) is 4.33. The van der Waals surface area contributed by atoms with Gasteiger partial charge in [-0.3, -0.25) is 24.4 Å². The lowest BCUT2D eigenvalue weighted by Crippen LogP contribution is -2.45. The molecule has 2 aliphatic rings. The van der Waals surface area contributed by atoms with E-state index in [0.717, 1.165) is 32.1 Å². The molecule has 0 radical (unpaired) electrons. The Labute approximate surface area is 263 Å². The SMILES string of the molecule is CCOC(=O)C1(c2ccc(Br)cn2)CCN(C)C1=O.CN1CCC(c2ccc(Br)cn2)C1=O.Fc1ccc(Br)cn1. The molecule has 3 aromatic heterocycles. The molecule has 0 bridgehead atoms. The first kappa shape index (κ1) is 32.7. The van der Waals surface area contributed by atoms with Gasteiger partial charge in [-0.25, -0.2) is 4.98 Å². The van der Waals surface area contributed by atoms with Crippen molar-refractivity contribution in [1.29, 1.82) is 0 Å². The first-order chi connectivity index (χ1) is 19.5. The van der Waals surface area contributed by atoms with Gasteiger partial charge in [0.15, 0.2) is 5.41 Å². The van der Waals surface area contributed by atoms with E-state index in [0.29, 0.717) is 18.7 Å². The number of hydrogen-bond donors (Lipinski definition) is 0. The summed E-state index contributed by atoms with van der Waals surface area (Å²) in [4.78, 5) is 51.5. The van der Waals surface area contributed by atoms with Gasteiger partial charge in [-0.1, -0.05) is 0 Å². The third-order valence-electron chi connectivity index (χ3n) is 6.55. The molecule has 0 saturated carbocycles. The van der Waals surface area contributed by atoms with E-state index in [-0.39, 0.29) is 24.3 Å². The standard InChI is InChI=1S/C13H15BrN2O3.C10H11BrN2O.C5H3BrFN/c1-3-19-12(18)13(6-7-16(2)11(13)17)10-5-4-9(14)8-15-10;1-13-5-4-8(10(13)14)9-3-2-7(11)6-12-9;6-4-1-2-5(7)8-3-4/h4-5,8H,3,6-7H2,1-2H3;2-3,6,8H,4-5H2,1H3;1-3H. The molecule has 0 N–H and O–H groups in total. The van der Waals surface area contributed by atoms with Crippen LogP contribution in [0.3, 0.4) is 0 Å². The molecule has 3 aromatic rings. The molecular formula is C28H29Br3FN5O4. The summed E-state index contributed by atoms with van der Waals surface area (Å²) in [5, 5.41) is 0. The van der Waals surface area contributed by atoms with Crippen molar-refractivity contribution in [1.82, 2.24) is 24.8 Å². The molecular weight excluding hydrogens is 729 g/mol. The second kappa shape index (κ2) is 14.9. The van der Waals surface area contributed by atoms with Crippen molar-refractivity contribution in [3.8, 4) is 0 Å². The highest BCUT2D eigenvalue weighted by atomic mass is 79.9. The highest BCUT2D eigenvalue weighted by molar-refractivity contribution is 9.11. The molecule has 2 unspecified atom stereocenters. The lowest BCUT2D eigenvalue weighted by Gasteiger charge is -2.24. The van der Waals surface area contributed by atoms with Crippen LogP contribution in [0.1, 0.15) is 37.1 Å². The van der Waals surface area contributed by atoms with Gasteiger partial charge in [-0.05, 0) is 104 Å². The Kier molecular flexibility index (Phi) is 11.9. The number of ether oxygens (including phenoxy) is 1. The molecule has 2 amide bonds. The average molecular weight is 758 g/mol. The number of carbonyl (C=O) groups excluding carboxylic acids is 3. The van der Waals surface area contributed by atoms with E-state index in [4.69, 9.17) is 4.74 Å². The van der Waals surface area contributed by atoms with Gasteiger partial charge in [0.05, 0.1) is 23.9 Å². The van der Waals surface area contributed by atoms with Gasteiger partial charge in [0.2, 0.25) is 17.8 Å². The number of rotatable bonds is 4. The first-order valence-corrected chi connectivity index (χ1v) is 15.1. The summed E-state index contributed by atoms with van der Waals surface area (Å²) < 4.78 is 19.6. The monoisotopic (exact) mass is 755 g/mol. The van der Waals surface area contributed by atoms with E-state index in [1.165, 1.54) is 12.3 Å². The third-order valence-corrected chi connectivity index (χ3v) is 7.96. The number of pyridine rings is 3. The summed E-state index contributed by atoms with van der Waals surface area (Å²) in [6, 6.07) is 10.2. The minimum Gasteiger partial charge on any atom is -0.465 e. The Morgan fingerprint density at radius 2 is 1.54 bits per heavy atom. The van der Waals surface area contributed by atoms with E-state index in [1.807, 2.05) is 19.2 Å². The average Bonchev–Trinajstić information content (AvgIpc) is 3.46. The molecule has 2 aliphatic heterocycles. The van der Waals surface area contributed by atoms with E-state index >= 15 is 0 Å². The maximum atomic E-state index is 12.4. The van der Waals surface area contributed by atoms with E-state index in [1.54, 1.807) is 54.4 Å². The van der Waals surface area contributed by atoms with Crippen LogP contribution in [0.4, 0.5) is 4.39 Å². The van der Waals surface area contributed by atoms with Crippen molar-refractivity contribution in [3.05, 3.63) is 85.7 Å². The zero-order valence-electron chi connectivity index (χ0n) is 22.7. The zero-order valence-corrected chi connectivity index (χ0v) is 27.4. The molecule has 2 atom stereocenters. The second-order valence-corrected chi connectivity index (χ2v) is 12.0. The number of likely N-dealkylation sites (tertiary alicyclic amines) is 2. The number of carbonyl (C=O) groups is 3. The van der Waals surface area contributed by atoms with Crippen LogP contribution in [-0.4, -0.2) is 76.3 Å². The zero-order chi connectivity index (χ0) is 30.2. The summed E-state index contributed by atoms with van der Waals surface area (Å²) >= 11 is 9.73. The second-order valence-electron chi connectivity index (χ2n) is 9.27. The van der Waals surface area contributed by atoms with Crippen LogP contribution in [0.5, 0.6) is 0 Å². The Morgan fingerprint density at radius 3 is 1.95 bits per heavy atom. The van der Waals surface area contributed by atoms with Crippen LogP contribution < -0.4 is 0 Å². The number of likely N-dealkylation sites (N-methyl/N-ethyl adjacent to an activating group) is 2. The molecule has 5 rings (SSSR count). The van der Waals surface area contributed by atoms with Crippen molar-refractivity contribution in [2.24, 2.45) is 0 Å². The van der Waals surface area contributed by atoms with Gasteiger partial charge in [0.1, 0.15) is 0 Å². The number of halogens is 4. The molecule has 0 aromatic carbocycles. The minimum absolute atomic E-state index is 0.0342. The predicted molar refractivity (Wildman–Crippen MR) is 161 cm³/mol. The largest absolute Gasteiger partial charge is 0.465 e. The Hall–Kier alpha value is -2.77. The summed E-state index contributed by atoms with van der Waals surface area (Å²) in [5.41, 5.74) is 0.0388. The Balaban J connectivity index is 0.000000184. The van der Waals surface area contributed by atoms with Crippen LogP contribution >= 0.6 is 47.8 Å². The topological polar surface area (TPSA) is 106 Å². The van der Waals surface area contributed by atoms with Crippen LogP contribution in [0.15, 0.2) is 68.4 Å². The van der Waals surface area contributed by atoms with Crippen LogP contribution in [0, 0.1) is 5.95 Å². The number of esters is 1. The van der Waals surface area contributed by atoms with Gasteiger partial charge in [-0.2, -0.15) is 4.39 Å². The summed E-state index contributed by atoms with van der Waals surface area (Å²) in [6.45, 7) is 3.33. The molecule has 13 heteroatoms. The van der Waals surface area contributed by atoms with Crippen molar-refractivity contribution in [2.75, 3.05) is 33.8 Å². The molecule has 5 heterocycles. The van der Waals surface area contributed by atoms with Crippen LogP contribution in [0.25, 0.3) is 0 Å². The number of aromatic nitrogens is 3. The van der Waals surface area contributed by atoms with Crippen molar-refractivity contribution < 1.29 is 23.5 Å². The molecule has 2 saturated heterocycles. The molecule has 9 nitrogen and oxygen atoms in total. The van der Waals surface area contributed by atoms with Crippen LogP contribution in [-0.2, 0) is 24.5 Å². The first-order valence-electron chi connectivity index (χ1n) is 12.7. The van der Waals surface area contributed by atoms with Crippen LogP contribution in [0.2, 0.25) is 0 Å². The van der Waals surface area contributed by atoms with E-state index in [2.05, 4.69) is 62.7 Å². The summed E-state index contributed by atoms with van der Waals surface area (Å²) in [5.74, 6) is -1.07. The van der Waals surface area contributed by atoms with Gasteiger partial charge in [0.25, 0.3) is 0 Å². The maximum absolute atomic E-state index is 12.4. The number of amides is 2. The summed E-state index contributed by atoms with van der Waals surface area (Å²) in [6.07, 6.45) is 6.01. The van der Waals surface area contributed by atoms with Crippen molar-refractivity contribution >= 4 is 65.6 Å². The fourth-order valence-corrected chi connectivity index (χ4v) is 5.04. The molecule has 218 valence electrons. The highest BCUT2D eigenvalue weighted by Gasteiger charge is 2.55. The normalized spacial score (nSPS) is 19.7. The van der Waals surface area contributed by atoms with Gasteiger partial charge in [-0.15, -0.1) is 0 Å². The Morgan fingerprint density at radius 1 is 0.927 bits per heavy atom. The molecule has 41 heavy (non-hydrogen) atoms. The molecule has 2 fully saturated rings. The van der Waals surface area contributed by atoms with Crippen molar-refractivity contribution in [2.45, 2.75) is 31.1 Å². The lowest BCUT2D eigenvalue weighted by atomic mass is 9.82. The minimum atomic E-state index is -1.29. The van der Waals surface area contributed by atoms with Gasteiger partial charge < -0.3 is 14.5 Å². The van der Waals surface area contributed by atoms with E-state index < -0.39 is 17.3 Å². The van der Waals surface area contributed by atoms with Crippen molar-refractivity contribution in [3.63, 3.8) is 0 Å². The third kappa shape index (κ3) is 8.16. The van der Waals surface area contributed by atoms with Gasteiger partial charge in [0, 0.05) is 59.2 Å². The smallest absolute Gasteiger partial charge is 0.327 e. The lowest BCUT2D eigenvalue weighted by molar-refractivity contribution is -0.155.